The fourth-order valence-electron chi connectivity index (χ4n) is 1.91. The molecule has 0 bridgehead atoms. The predicted molar refractivity (Wildman–Crippen MR) is 78.5 cm³/mol. The van der Waals surface area contributed by atoms with Crippen LogP contribution in [-0.2, 0) is 13.2 Å². The molecule has 5 nitrogen and oxygen atoms in total. The highest BCUT2D eigenvalue weighted by Crippen LogP contribution is 2.24. The zero-order valence-electron chi connectivity index (χ0n) is 10.6. The predicted octanol–water partition coefficient (Wildman–Crippen LogP) is 2.34. The SMILES string of the molecule is Nc1nc(COc2ccccc2CO)nc2sccc12. The lowest BCUT2D eigenvalue weighted by atomic mass is 10.2. The number of hydrogen-bond donors (Lipinski definition) is 2. The first kappa shape index (κ1) is 12.8. The molecule has 20 heavy (non-hydrogen) atoms. The molecule has 3 rings (SSSR count). The van der Waals surface area contributed by atoms with Gasteiger partial charge in [-0.1, -0.05) is 18.2 Å². The summed E-state index contributed by atoms with van der Waals surface area (Å²) in [5.41, 5.74) is 6.62. The van der Waals surface area contributed by atoms with Crippen molar-refractivity contribution in [1.82, 2.24) is 9.97 Å². The molecular weight excluding hydrogens is 274 g/mol. The third-order valence-electron chi connectivity index (χ3n) is 2.90. The Balaban J connectivity index is 1.83. The molecule has 0 atom stereocenters. The number of ether oxygens (including phenoxy) is 1. The average Bonchev–Trinajstić information content (AvgIpc) is 2.94. The Labute approximate surface area is 119 Å². The summed E-state index contributed by atoms with van der Waals surface area (Å²) in [5.74, 6) is 1.62. The molecule has 0 unspecified atom stereocenters. The summed E-state index contributed by atoms with van der Waals surface area (Å²) < 4.78 is 5.66. The number of aliphatic hydroxyl groups excluding tert-OH is 1. The van der Waals surface area contributed by atoms with E-state index in [1.807, 2.05) is 29.6 Å². The minimum atomic E-state index is -0.0663. The highest BCUT2D eigenvalue weighted by Gasteiger charge is 2.08. The van der Waals surface area contributed by atoms with Gasteiger partial charge in [-0.3, -0.25) is 0 Å². The highest BCUT2D eigenvalue weighted by molar-refractivity contribution is 7.16. The van der Waals surface area contributed by atoms with Crippen molar-refractivity contribution in [3.05, 3.63) is 47.1 Å². The molecule has 0 spiro atoms. The number of nitrogens with zero attached hydrogens (tertiary/aromatic N) is 2. The quantitative estimate of drug-likeness (QED) is 0.769. The van der Waals surface area contributed by atoms with Gasteiger partial charge in [0.15, 0.2) is 5.82 Å². The van der Waals surface area contributed by atoms with Gasteiger partial charge in [0.2, 0.25) is 0 Å². The molecule has 2 aromatic heterocycles. The summed E-state index contributed by atoms with van der Waals surface area (Å²) in [6, 6.07) is 9.23. The van der Waals surface area contributed by atoms with Gasteiger partial charge in [-0.15, -0.1) is 11.3 Å². The van der Waals surface area contributed by atoms with Crippen molar-refractivity contribution in [1.29, 1.82) is 0 Å². The van der Waals surface area contributed by atoms with E-state index >= 15 is 0 Å². The van der Waals surface area contributed by atoms with Gasteiger partial charge >= 0.3 is 0 Å². The molecule has 0 saturated heterocycles. The lowest BCUT2D eigenvalue weighted by Gasteiger charge is -2.09. The molecule has 0 saturated carbocycles. The van der Waals surface area contributed by atoms with Gasteiger partial charge in [0, 0.05) is 5.56 Å². The Morgan fingerprint density at radius 2 is 2.05 bits per heavy atom. The topological polar surface area (TPSA) is 81.3 Å². The number of rotatable bonds is 4. The Hall–Kier alpha value is -2.18. The summed E-state index contributed by atoms with van der Waals surface area (Å²) in [7, 11) is 0. The average molecular weight is 287 g/mol. The van der Waals surface area contributed by atoms with Gasteiger partial charge in [0.05, 0.1) is 12.0 Å². The van der Waals surface area contributed by atoms with E-state index in [0.717, 1.165) is 15.8 Å². The fraction of sp³-hybridized carbons (Fsp3) is 0.143. The van der Waals surface area contributed by atoms with Crippen LogP contribution in [0.1, 0.15) is 11.4 Å². The van der Waals surface area contributed by atoms with Crippen LogP contribution in [0.4, 0.5) is 5.82 Å². The molecule has 102 valence electrons. The molecule has 0 aliphatic carbocycles. The van der Waals surface area contributed by atoms with E-state index in [-0.39, 0.29) is 13.2 Å². The number of hydrogen-bond acceptors (Lipinski definition) is 6. The summed E-state index contributed by atoms with van der Waals surface area (Å²) >= 11 is 1.52. The van der Waals surface area contributed by atoms with Crippen LogP contribution in [0.3, 0.4) is 0 Å². The Kier molecular flexibility index (Phi) is 3.49. The maximum Gasteiger partial charge on any atom is 0.169 e. The van der Waals surface area contributed by atoms with Gasteiger partial charge in [-0.05, 0) is 17.5 Å². The zero-order valence-corrected chi connectivity index (χ0v) is 11.4. The van der Waals surface area contributed by atoms with Gasteiger partial charge in [0.25, 0.3) is 0 Å². The number of thiophene rings is 1. The van der Waals surface area contributed by atoms with Gasteiger partial charge in [-0.25, -0.2) is 9.97 Å². The van der Waals surface area contributed by atoms with E-state index in [2.05, 4.69) is 9.97 Å². The largest absolute Gasteiger partial charge is 0.485 e. The maximum absolute atomic E-state index is 9.24. The molecular formula is C14H13N3O2S. The molecule has 0 fully saturated rings. The van der Waals surface area contributed by atoms with E-state index in [4.69, 9.17) is 10.5 Å². The second-order valence-corrected chi connectivity index (χ2v) is 5.11. The number of aliphatic hydroxyl groups is 1. The summed E-state index contributed by atoms with van der Waals surface area (Å²) in [4.78, 5) is 9.49. The standard InChI is InChI=1S/C14H13N3O2S/c15-13-10-5-6-20-14(10)17-12(16-13)8-19-11-4-2-1-3-9(11)7-18/h1-6,18H,7-8H2,(H2,15,16,17). The first-order valence-electron chi connectivity index (χ1n) is 6.09. The lowest BCUT2D eigenvalue weighted by Crippen LogP contribution is -2.05. The molecule has 1 aromatic carbocycles. The lowest BCUT2D eigenvalue weighted by molar-refractivity contribution is 0.256. The molecule has 6 heteroatoms. The molecule has 2 heterocycles. The summed E-state index contributed by atoms with van der Waals surface area (Å²) in [6.07, 6.45) is 0. The number of benzene rings is 1. The van der Waals surface area contributed by atoms with Crippen molar-refractivity contribution in [3.8, 4) is 5.75 Å². The number of aromatic nitrogens is 2. The van der Waals surface area contributed by atoms with E-state index < -0.39 is 0 Å². The molecule has 0 radical (unpaired) electrons. The second kappa shape index (κ2) is 5.44. The van der Waals surface area contributed by atoms with E-state index in [1.165, 1.54) is 11.3 Å². The third-order valence-corrected chi connectivity index (χ3v) is 3.71. The van der Waals surface area contributed by atoms with Gasteiger partial charge < -0.3 is 15.6 Å². The first-order chi connectivity index (χ1) is 9.78. The number of fused-ring (bicyclic) bond motifs is 1. The molecule has 0 aliphatic rings. The summed E-state index contributed by atoms with van der Waals surface area (Å²) in [5, 5.41) is 12.0. The number of nitrogen functional groups attached to an aromatic ring is 1. The third kappa shape index (κ3) is 2.43. The van der Waals surface area contributed by atoms with Crippen molar-refractivity contribution in [2.45, 2.75) is 13.2 Å². The normalized spacial score (nSPS) is 10.8. The molecule has 0 aliphatic heterocycles. The molecule has 3 N–H and O–H groups in total. The molecule has 0 amide bonds. The smallest absolute Gasteiger partial charge is 0.169 e. The summed E-state index contributed by atoms with van der Waals surface area (Å²) in [6.45, 7) is 0.151. The van der Waals surface area contributed by atoms with Crippen LogP contribution in [0.5, 0.6) is 5.75 Å². The van der Waals surface area contributed by atoms with Crippen molar-refractivity contribution in [2.75, 3.05) is 5.73 Å². The van der Waals surface area contributed by atoms with Gasteiger partial charge in [-0.2, -0.15) is 0 Å². The number of nitrogens with two attached hydrogens (primary N) is 1. The van der Waals surface area contributed by atoms with Gasteiger partial charge in [0.1, 0.15) is 23.0 Å². The van der Waals surface area contributed by atoms with E-state index in [9.17, 15) is 5.11 Å². The van der Waals surface area contributed by atoms with Crippen LogP contribution in [0.15, 0.2) is 35.7 Å². The van der Waals surface area contributed by atoms with Crippen molar-refractivity contribution < 1.29 is 9.84 Å². The Bertz CT molecular complexity index is 742. The van der Waals surface area contributed by atoms with E-state index in [1.54, 1.807) is 6.07 Å². The van der Waals surface area contributed by atoms with Crippen molar-refractivity contribution in [2.24, 2.45) is 0 Å². The van der Waals surface area contributed by atoms with Crippen molar-refractivity contribution >= 4 is 27.4 Å². The Morgan fingerprint density at radius 3 is 2.90 bits per heavy atom. The first-order valence-corrected chi connectivity index (χ1v) is 6.97. The van der Waals surface area contributed by atoms with E-state index in [0.29, 0.717) is 17.4 Å². The van der Waals surface area contributed by atoms with Crippen LogP contribution in [0, 0.1) is 0 Å². The minimum Gasteiger partial charge on any atom is -0.485 e. The monoisotopic (exact) mass is 287 g/mol. The fourth-order valence-corrected chi connectivity index (χ4v) is 2.70. The van der Waals surface area contributed by atoms with Crippen LogP contribution in [0.2, 0.25) is 0 Å². The zero-order chi connectivity index (χ0) is 13.9. The maximum atomic E-state index is 9.24. The minimum absolute atomic E-state index is 0.0663. The van der Waals surface area contributed by atoms with Crippen LogP contribution in [-0.4, -0.2) is 15.1 Å². The molecule has 3 aromatic rings. The number of para-hydroxylation sites is 1. The second-order valence-electron chi connectivity index (χ2n) is 4.22. The highest BCUT2D eigenvalue weighted by atomic mass is 32.1. The Morgan fingerprint density at radius 1 is 1.20 bits per heavy atom. The van der Waals surface area contributed by atoms with Crippen LogP contribution in [0.25, 0.3) is 10.2 Å². The number of anilines is 1. The van der Waals surface area contributed by atoms with Crippen LogP contribution >= 0.6 is 11.3 Å². The van der Waals surface area contributed by atoms with Crippen LogP contribution < -0.4 is 10.5 Å². The van der Waals surface area contributed by atoms with Crippen molar-refractivity contribution in [3.63, 3.8) is 0 Å².